The molecule has 1 N–H and O–H groups in total. The Kier molecular flexibility index (Phi) is 0.990. The molecule has 50 valence electrons. The number of nitrogens with zero attached hydrogens (tertiary/aromatic N) is 1. The molecule has 0 spiro atoms. The summed E-state index contributed by atoms with van der Waals surface area (Å²) >= 11 is 0. The van der Waals surface area contributed by atoms with Gasteiger partial charge in [0, 0.05) is 19.0 Å². The molecule has 3 heteroatoms. The molecule has 0 atom stereocenters. The first kappa shape index (κ1) is 5.23. The third-order valence-electron chi connectivity index (χ3n) is 1.80. The first-order chi connectivity index (χ1) is 4.38. The van der Waals surface area contributed by atoms with Crippen molar-refractivity contribution in [3.05, 3.63) is 0 Å². The summed E-state index contributed by atoms with van der Waals surface area (Å²) in [5.41, 5.74) is 3.05. The molecule has 0 aromatic carbocycles. The van der Waals surface area contributed by atoms with E-state index in [-0.39, 0.29) is 5.91 Å². The molecule has 1 aliphatic heterocycles. The highest BCUT2D eigenvalue weighted by atomic mass is 16.2. The molecule has 2 aliphatic rings. The normalized spacial score (nSPS) is 27.6. The van der Waals surface area contributed by atoms with Crippen LogP contribution in [-0.2, 0) is 4.79 Å². The van der Waals surface area contributed by atoms with E-state index in [1.807, 2.05) is 0 Å². The van der Waals surface area contributed by atoms with Crippen molar-refractivity contribution >= 4 is 5.91 Å². The Morgan fingerprint density at radius 2 is 2.33 bits per heavy atom. The Bertz CT molecular complexity index is 142. The SMILES string of the molecule is O=C1CCNN1C1CC1. The van der Waals surface area contributed by atoms with Gasteiger partial charge in [0.2, 0.25) is 5.91 Å². The average Bonchev–Trinajstić information content (AvgIpc) is 2.58. The van der Waals surface area contributed by atoms with E-state index >= 15 is 0 Å². The zero-order valence-electron chi connectivity index (χ0n) is 5.26. The third kappa shape index (κ3) is 0.812. The van der Waals surface area contributed by atoms with E-state index in [9.17, 15) is 4.79 Å². The molecule has 1 amide bonds. The summed E-state index contributed by atoms with van der Waals surface area (Å²) in [7, 11) is 0. The molecule has 1 saturated heterocycles. The fourth-order valence-corrected chi connectivity index (χ4v) is 1.16. The minimum atomic E-state index is 0.275. The van der Waals surface area contributed by atoms with Gasteiger partial charge in [-0.05, 0) is 12.8 Å². The first-order valence-electron chi connectivity index (χ1n) is 3.43. The van der Waals surface area contributed by atoms with Crippen LogP contribution < -0.4 is 5.43 Å². The number of hydrogen-bond acceptors (Lipinski definition) is 2. The summed E-state index contributed by atoms with van der Waals surface area (Å²) in [6.45, 7) is 0.843. The van der Waals surface area contributed by atoms with Crippen LogP contribution in [0.4, 0.5) is 0 Å². The summed E-state index contributed by atoms with van der Waals surface area (Å²) in [5, 5.41) is 1.79. The molecule has 9 heavy (non-hydrogen) atoms. The molecular formula is C6H10N2O. The van der Waals surface area contributed by atoms with Crippen LogP contribution in [0.5, 0.6) is 0 Å². The molecule has 1 heterocycles. The maximum absolute atomic E-state index is 10.9. The fourth-order valence-electron chi connectivity index (χ4n) is 1.16. The molecule has 0 unspecified atom stereocenters. The second-order valence-corrected chi connectivity index (χ2v) is 2.65. The van der Waals surface area contributed by atoms with Crippen LogP contribution in [0.1, 0.15) is 19.3 Å². The van der Waals surface area contributed by atoms with Crippen molar-refractivity contribution < 1.29 is 4.79 Å². The predicted molar refractivity (Wildman–Crippen MR) is 32.5 cm³/mol. The predicted octanol–water partition coefficient (Wildman–Crippen LogP) is -0.114. The van der Waals surface area contributed by atoms with Crippen LogP contribution in [0.15, 0.2) is 0 Å². The number of nitrogens with one attached hydrogen (secondary N) is 1. The smallest absolute Gasteiger partial charge is 0.238 e. The molecule has 3 nitrogen and oxygen atoms in total. The highest BCUT2D eigenvalue weighted by Gasteiger charge is 2.34. The topological polar surface area (TPSA) is 32.3 Å². The quantitative estimate of drug-likeness (QED) is 0.531. The largest absolute Gasteiger partial charge is 0.275 e. The molecule has 0 radical (unpaired) electrons. The molecule has 2 fully saturated rings. The molecular weight excluding hydrogens is 116 g/mol. The Morgan fingerprint density at radius 1 is 1.56 bits per heavy atom. The number of carbonyl (C=O) groups excluding carboxylic acids is 1. The summed E-state index contributed by atoms with van der Waals surface area (Å²) in [4.78, 5) is 10.9. The summed E-state index contributed by atoms with van der Waals surface area (Å²) < 4.78 is 0. The van der Waals surface area contributed by atoms with Gasteiger partial charge in [-0.25, -0.2) is 5.43 Å². The number of amides is 1. The summed E-state index contributed by atoms with van der Waals surface area (Å²) in [5.74, 6) is 0.275. The van der Waals surface area contributed by atoms with Gasteiger partial charge in [0.15, 0.2) is 0 Å². The number of hydrogen-bond donors (Lipinski definition) is 1. The number of hydrazine groups is 1. The maximum Gasteiger partial charge on any atom is 0.238 e. The zero-order chi connectivity index (χ0) is 6.27. The van der Waals surface area contributed by atoms with E-state index in [2.05, 4.69) is 5.43 Å². The second-order valence-electron chi connectivity index (χ2n) is 2.65. The van der Waals surface area contributed by atoms with Gasteiger partial charge >= 0.3 is 0 Å². The van der Waals surface area contributed by atoms with Gasteiger partial charge in [-0.3, -0.25) is 9.80 Å². The van der Waals surface area contributed by atoms with Crippen LogP contribution >= 0.6 is 0 Å². The minimum Gasteiger partial charge on any atom is -0.275 e. The van der Waals surface area contributed by atoms with Crippen LogP contribution in [0.2, 0.25) is 0 Å². The Labute approximate surface area is 54.0 Å². The van der Waals surface area contributed by atoms with E-state index in [0.29, 0.717) is 12.5 Å². The summed E-state index contributed by atoms with van der Waals surface area (Å²) in [6, 6.07) is 0.542. The maximum atomic E-state index is 10.9. The zero-order valence-corrected chi connectivity index (χ0v) is 5.26. The van der Waals surface area contributed by atoms with Gasteiger partial charge in [-0.1, -0.05) is 0 Å². The van der Waals surface area contributed by atoms with Crippen molar-refractivity contribution in [2.45, 2.75) is 25.3 Å². The van der Waals surface area contributed by atoms with Gasteiger partial charge in [0.1, 0.15) is 0 Å². The molecule has 0 bridgehead atoms. The number of rotatable bonds is 1. The lowest BCUT2D eigenvalue weighted by Gasteiger charge is -2.13. The lowest BCUT2D eigenvalue weighted by atomic mass is 10.4. The van der Waals surface area contributed by atoms with Crippen molar-refractivity contribution in [2.75, 3.05) is 6.54 Å². The highest BCUT2D eigenvalue weighted by Crippen LogP contribution is 2.26. The molecule has 0 aromatic rings. The molecule has 2 rings (SSSR count). The van der Waals surface area contributed by atoms with Gasteiger partial charge in [0.05, 0.1) is 0 Å². The van der Waals surface area contributed by atoms with E-state index in [1.54, 1.807) is 5.01 Å². The van der Waals surface area contributed by atoms with Gasteiger partial charge < -0.3 is 0 Å². The second kappa shape index (κ2) is 1.70. The third-order valence-corrected chi connectivity index (χ3v) is 1.80. The van der Waals surface area contributed by atoms with Crippen molar-refractivity contribution in [3.63, 3.8) is 0 Å². The minimum absolute atomic E-state index is 0.275. The first-order valence-corrected chi connectivity index (χ1v) is 3.43. The lowest BCUT2D eigenvalue weighted by Crippen LogP contribution is -2.35. The molecule has 1 saturated carbocycles. The number of carbonyl (C=O) groups is 1. The van der Waals surface area contributed by atoms with Crippen molar-refractivity contribution in [3.8, 4) is 0 Å². The van der Waals surface area contributed by atoms with Crippen LogP contribution in [0, 0.1) is 0 Å². The Balaban J connectivity index is 2.01. The highest BCUT2D eigenvalue weighted by molar-refractivity contribution is 5.78. The Morgan fingerprint density at radius 3 is 2.78 bits per heavy atom. The monoisotopic (exact) mass is 126 g/mol. The van der Waals surface area contributed by atoms with Gasteiger partial charge in [-0.15, -0.1) is 0 Å². The van der Waals surface area contributed by atoms with E-state index in [1.165, 1.54) is 12.8 Å². The van der Waals surface area contributed by atoms with Crippen molar-refractivity contribution in [1.82, 2.24) is 10.4 Å². The van der Waals surface area contributed by atoms with Crippen molar-refractivity contribution in [2.24, 2.45) is 0 Å². The van der Waals surface area contributed by atoms with E-state index in [4.69, 9.17) is 0 Å². The molecule has 0 aromatic heterocycles. The fraction of sp³-hybridized carbons (Fsp3) is 0.833. The van der Waals surface area contributed by atoms with E-state index < -0.39 is 0 Å². The molecule has 1 aliphatic carbocycles. The Hall–Kier alpha value is -0.570. The van der Waals surface area contributed by atoms with Crippen LogP contribution in [-0.4, -0.2) is 23.5 Å². The van der Waals surface area contributed by atoms with Gasteiger partial charge in [-0.2, -0.15) is 0 Å². The van der Waals surface area contributed by atoms with E-state index in [0.717, 1.165) is 6.54 Å². The van der Waals surface area contributed by atoms with Gasteiger partial charge in [0.25, 0.3) is 0 Å². The lowest BCUT2D eigenvalue weighted by molar-refractivity contribution is -0.130. The van der Waals surface area contributed by atoms with Crippen LogP contribution in [0.3, 0.4) is 0 Å². The van der Waals surface area contributed by atoms with Crippen molar-refractivity contribution in [1.29, 1.82) is 0 Å². The summed E-state index contributed by atoms with van der Waals surface area (Å²) in [6.07, 6.45) is 3.08. The average molecular weight is 126 g/mol. The standard InChI is InChI=1S/C6H10N2O/c9-6-3-4-7-8(6)5-1-2-5/h5,7H,1-4H2. The van der Waals surface area contributed by atoms with Crippen LogP contribution in [0.25, 0.3) is 0 Å².